The van der Waals surface area contributed by atoms with Crippen LogP contribution in [-0.4, -0.2) is 28.7 Å². The van der Waals surface area contributed by atoms with Crippen molar-refractivity contribution >= 4 is 23.3 Å². The van der Waals surface area contributed by atoms with Gasteiger partial charge in [0, 0.05) is 11.1 Å². The molecule has 2 N–H and O–H groups in total. The normalized spacial score (nSPS) is 16.9. The van der Waals surface area contributed by atoms with Crippen molar-refractivity contribution in [2.75, 3.05) is 5.32 Å². The Morgan fingerprint density at radius 3 is 2.42 bits per heavy atom. The zero-order valence-corrected chi connectivity index (χ0v) is 13.5. The van der Waals surface area contributed by atoms with E-state index in [0.29, 0.717) is 11.4 Å². The van der Waals surface area contributed by atoms with Crippen molar-refractivity contribution in [3.8, 4) is 0 Å². The average Bonchev–Trinajstić information content (AvgIpc) is 2.71. The molecule has 1 unspecified atom stereocenters. The Morgan fingerprint density at radius 2 is 1.79 bits per heavy atom. The Morgan fingerprint density at radius 1 is 1.12 bits per heavy atom. The summed E-state index contributed by atoms with van der Waals surface area (Å²) in [6.45, 7) is 3.91. The maximum absolute atomic E-state index is 12.4. The van der Waals surface area contributed by atoms with Crippen molar-refractivity contribution < 1.29 is 14.7 Å². The molecule has 1 heterocycles. The standard InChI is InChI=1S/C19H18N2O3/c1-11(2)16-18(22)20-15-6-4-3-5-14(15)17(21-16)12-7-9-13(10-8-12)19(23)24/h3-11,16H,1-2H3,(H,20,22)(H,23,24). The molecule has 0 spiro atoms. The lowest BCUT2D eigenvalue weighted by Gasteiger charge is -2.14. The molecule has 0 fully saturated rings. The minimum atomic E-state index is -0.971. The molecule has 0 saturated carbocycles. The highest BCUT2D eigenvalue weighted by Gasteiger charge is 2.27. The first-order valence-corrected chi connectivity index (χ1v) is 7.79. The Kier molecular flexibility index (Phi) is 4.16. The molecule has 3 rings (SSSR count). The van der Waals surface area contributed by atoms with Gasteiger partial charge in [-0.25, -0.2) is 4.79 Å². The van der Waals surface area contributed by atoms with E-state index >= 15 is 0 Å². The van der Waals surface area contributed by atoms with Crippen LogP contribution in [-0.2, 0) is 4.79 Å². The number of para-hydroxylation sites is 1. The highest BCUT2D eigenvalue weighted by atomic mass is 16.4. The summed E-state index contributed by atoms with van der Waals surface area (Å²) in [6.07, 6.45) is 0. The molecule has 2 aromatic carbocycles. The van der Waals surface area contributed by atoms with Gasteiger partial charge in [-0.3, -0.25) is 9.79 Å². The van der Waals surface area contributed by atoms with E-state index in [9.17, 15) is 9.59 Å². The zero-order chi connectivity index (χ0) is 17.3. The molecule has 1 atom stereocenters. The number of carboxylic acids is 1. The average molecular weight is 322 g/mol. The van der Waals surface area contributed by atoms with Crippen molar-refractivity contribution in [1.29, 1.82) is 0 Å². The van der Waals surface area contributed by atoms with E-state index in [-0.39, 0.29) is 17.4 Å². The van der Waals surface area contributed by atoms with Crippen LogP contribution >= 0.6 is 0 Å². The molecular weight excluding hydrogens is 304 g/mol. The molecule has 0 aromatic heterocycles. The van der Waals surface area contributed by atoms with Gasteiger partial charge >= 0.3 is 5.97 Å². The number of rotatable bonds is 3. The molecule has 1 aliphatic heterocycles. The Hall–Kier alpha value is -2.95. The molecular formula is C19H18N2O3. The van der Waals surface area contributed by atoms with Gasteiger partial charge in [0.2, 0.25) is 5.91 Å². The molecule has 24 heavy (non-hydrogen) atoms. The Labute approximate surface area is 140 Å². The summed E-state index contributed by atoms with van der Waals surface area (Å²) in [5.41, 5.74) is 3.24. The van der Waals surface area contributed by atoms with E-state index in [1.54, 1.807) is 24.3 Å². The maximum atomic E-state index is 12.4. The number of anilines is 1. The fourth-order valence-corrected chi connectivity index (χ4v) is 2.73. The van der Waals surface area contributed by atoms with Gasteiger partial charge in [-0.15, -0.1) is 0 Å². The molecule has 0 bridgehead atoms. The number of carboxylic acid groups (broad SMARTS) is 1. The van der Waals surface area contributed by atoms with Crippen molar-refractivity contribution in [3.05, 3.63) is 65.2 Å². The lowest BCUT2D eigenvalue weighted by molar-refractivity contribution is -0.118. The molecule has 2 aromatic rings. The van der Waals surface area contributed by atoms with Crippen molar-refractivity contribution in [2.45, 2.75) is 19.9 Å². The zero-order valence-electron chi connectivity index (χ0n) is 13.5. The van der Waals surface area contributed by atoms with Crippen LogP contribution in [0.25, 0.3) is 0 Å². The summed E-state index contributed by atoms with van der Waals surface area (Å²) in [5.74, 6) is -1.05. The summed E-state index contributed by atoms with van der Waals surface area (Å²) in [4.78, 5) is 28.2. The van der Waals surface area contributed by atoms with Crippen molar-refractivity contribution in [1.82, 2.24) is 0 Å². The van der Waals surface area contributed by atoms with Gasteiger partial charge in [0.15, 0.2) is 0 Å². The topological polar surface area (TPSA) is 78.8 Å². The van der Waals surface area contributed by atoms with Crippen LogP contribution in [0.5, 0.6) is 0 Å². The first kappa shape index (κ1) is 15.9. The minimum absolute atomic E-state index is 0.0487. The summed E-state index contributed by atoms with van der Waals surface area (Å²) in [6, 6.07) is 13.6. The maximum Gasteiger partial charge on any atom is 0.335 e. The number of aliphatic imine (C=N–C) groups is 1. The summed E-state index contributed by atoms with van der Waals surface area (Å²) < 4.78 is 0. The van der Waals surface area contributed by atoms with E-state index in [4.69, 9.17) is 10.1 Å². The van der Waals surface area contributed by atoms with Gasteiger partial charge in [-0.1, -0.05) is 44.2 Å². The van der Waals surface area contributed by atoms with Crippen molar-refractivity contribution in [3.63, 3.8) is 0 Å². The summed E-state index contributed by atoms with van der Waals surface area (Å²) in [7, 11) is 0. The molecule has 1 aliphatic rings. The number of nitrogens with one attached hydrogen (secondary N) is 1. The number of carbonyl (C=O) groups is 2. The number of nitrogens with zero attached hydrogens (tertiary/aromatic N) is 1. The lowest BCUT2D eigenvalue weighted by Crippen LogP contribution is -2.30. The molecule has 0 radical (unpaired) electrons. The van der Waals surface area contributed by atoms with E-state index in [1.807, 2.05) is 38.1 Å². The Bertz CT molecular complexity index is 823. The monoisotopic (exact) mass is 322 g/mol. The first-order chi connectivity index (χ1) is 11.5. The molecule has 1 amide bonds. The second-order valence-electron chi connectivity index (χ2n) is 6.08. The molecule has 5 heteroatoms. The van der Waals surface area contributed by atoms with Gasteiger partial charge < -0.3 is 10.4 Å². The largest absolute Gasteiger partial charge is 0.478 e. The quantitative estimate of drug-likeness (QED) is 0.911. The van der Waals surface area contributed by atoms with Crippen LogP contribution in [0.2, 0.25) is 0 Å². The fraction of sp³-hybridized carbons (Fsp3) is 0.211. The number of hydrogen-bond donors (Lipinski definition) is 2. The third kappa shape index (κ3) is 2.93. The smallest absolute Gasteiger partial charge is 0.335 e. The van der Waals surface area contributed by atoms with E-state index in [1.165, 1.54) is 0 Å². The van der Waals surface area contributed by atoms with E-state index < -0.39 is 12.0 Å². The highest BCUT2D eigenvalue weighted by Crippen LogP contribution is 2.26. The SMILES string of the molecule is CC(C)C1N=C(c2ccc(C(=O)O)cc2)c2ccccc2NC1=O. The predicted molar refractivity (Wildman–Crippen MR) is 92.7 cm³/mol. The number of aromatic carboxylic acids is 1. The van der Waals surface area contributed by atoms with E-state index in [2.05, 4.69) is 5.32 Å². The van der Waals surface area contributed by atoms with Crippen LogP contribution in [0.15, 0.2) is 53.5 Å². The molecule has 122 valence electrons. The summed E-state index contributed by atoms with van der Waals surface area (Å²) in [5, 5.41) is 12.0. The van der Waals surface area contributed by atoms with Crippen LogP contribution in [0.3, 0.4) is 0 Å². The Balaban J connectivity index is 2.15. The van der Waals surface area contributed by atoms with Gasteiger partial charge in [0.1, 0.15) is 6.04 Å². The van der Waals surface area contributed by atoms with Gasteiger partial charge in [-0.05, 0) is 24.1 Å². The second kappa shape index (κ2) is 6.28. The number of hydrogen-bond acceptors (Lipinski definition) is 3. The summed E-state index contributed by atoms with van der Waals surface area (Å²) >= 11 is 0. The van der Waals surface area contributed by atoms with Crippen molar-refractivity contribution in [2.24, 2.45) is 10.9 Å². The van der Waals surface area contributed by atoms with Gasteiger partial charge in [0.25, 0.3) is 0 Å². The molecule has 5 nitrogen and oxygen atoms in total. The predicted octanol–water partition coefficient (Wildman–Crippen LogP) is 3.20. The van der Waals surface area contributed by atoms with Gasteiger partial charge in [-0.2, -0.15) is 0 Å². The number of carbonyl (C=O) groups excluding carboxylic acids is 1. The number of fused-ring (bicyclic) bond motifs is 1. The number of benzodiazepines with no additional fused rings is 1. The third-order valence-corrected chi connectivity index (χ3v) is 4.01. The lowest BCUT2D eigenvalue weighted by atomic mass is 9.99. The second-order valence-corrected chi connectivity index (χ2v) is 6.08. The molecule has 0 aliphatic carbocycles. The number of benzene rings is 2. The van der Waals surface area contributed by atoms with Crippen LogP contribution in [0, 0.1) is 5.92 Å². The number of amides is 1. The van der Waals surface area contributed by atoms with Crippen LogP contribution < -0.4 is 5.32 Å². The fourth-order valence-electron chi connectivity index (χ4n) is 2.73. The first-order valence-electron chi connectivity index (χ1n) is 7.79. The van der Waals surface area contributed by atoms with Crippen LogP contribution in [0.1, 0.15) is 35.3 Å². The molecule has 0 saturated heterocycles. The van der Waals surface area contributed by atoms with E-state index in [0.717, 1.165) is 11.1 Å². The van der Waals surface area contributed by atoms with Gasteiger partial charge in [0.05, 0.1) is 17.0 Å². The third-order valence-electron chi connectivity index (χ3n) is 4.01. The van der Waals surface area contributed by atoms with Crippen LogP contribution in [0.4, 0.5) is 5.69 Å². The minimum Gasteiger partial charge on any atom is -0.478 e. The highest BCUT2D eigenvalue weighted by molar-refractivity contribution is 6.19.